The van der Waals surface area contributed by atoms with Crippen molar-refractivity contribution in [3.05, 3.63) is 70.3 Å². The summed E-state index contributed by atoms with van der Waals surface area (Å²) in [4.78, 5) is 12.2. The molecular weight excluding hydrogens is 246 g/mol. The molecule has 0 saturated carbocycles. The second kappa shape index (κ2) is 5.91. The lowest BCUT2D eigenvalue weighted by molar-refractivity contribution is 0.0939. The number of carbonyl (C=O) groups is 1. The van der Waals surface area contributed by atoms with Crippen LogP contribution in [0.5, 0.6) is 0 Å². The minimum absolute atomic E-state index is 0.00334. The first-order valence-corrected chi connectivity index (χ1v) is 6.92. The van der Waals surface area contributed by atoms with Crippen LogP contribution in [-0.4, -0.2) is 5.91 Å². The highest BCUT2D eigenvalue weighted by molar-refractivity contribution is 5.94. The molecule has 0 spiro atoms. The molecule has 1 amide bonds. The number of hydrogen-bond donors (Lipinski definition) is 1. The van der Waals surface area contributed by atoms with Crippen LogP contribution in [0.25, 0.3) is 0 Å². The van der Waals surface area contributed by atoms with E-state index in [1.807, 2.05) is 38.1 Å². The first-order valence-electron chi connectivity index (χ1n) is 6.92. The molecule has 2 aromatic carbocycles. The zero-order valence-electron chi connectivity index (χ0n) is 12.5. The van der Waals surface area contributed by atoms with Crippen LogP contribution < -0.4 is 5.32 Å². The van der Waals surface area contributed by atoms with E-state index in [4.69, 9.17) is 0 Å². The number of hydrogen-bond acceptors (Lipinski definition) is 1. The first-order chi connectivity index (χ1) is 9.47. The Morgan fingerprint density at radius 3 is 2.35 bits per heavy atom. The quantitative estimate of drug-likeness (QED) is 0.891. The van der Waals surface area contributed by atoms with E-state index in [0.29, 0.717) is 5.56 Å². The summed E-state index contributed by atoms with van der Waals surface area (Å²) in [6, 6.07) is 14.0. The number of amides is 1. The molecule has 1 N–H and O–H groups in total. The van der Waals surface area contributed by atoms with Crippen LogP contribution in [-0.2, 0) is 0 Å². The minimum Gasteiger partial charge on any atom is -0.346 e. The van der Waals surface area contributed by atoms with E-state index in [9.17, 15) is 4.79 Å². The molecule has 2 nitrogen and oxygen atoms in total. The van der Waals surface area contributed by atoms with Gasteiger partial charge in [0.05, 0.1) is 6.04 Å². The second-order valence-electron chi connectivity index (χ2n) is 5.42. The fourth-order valence-electron chi connectivity index (χ4n) is 2.46. The summed E-state index contributed by atoms with van der Waals surface area (Å²) in [7, 11) is 0. The van der Waals surface area contributed by atoms with Gasteiger partial charge in [0.25, 0.3) is 5.91 Å². The number of benzene rings is 2. The summed E-state index contributed by atoms with van der Waals surface area (Å²) in [5.41, 5.74) is 5.42. The largest absolute Gasteiger partial charge is 0.346 e. The van der Waals surface area contributed by atoms with Crippen molar-refractivity contribution in [3.63, 3.8) is 0 Å². The van der Waals surface area contributed by atoms with Gasteiger partial charge < -0.3 is 5.32 Å². The Kier molecular flexibility index (Phi) is 4.23. The van der Waals surface area contributed by atoms with Gasteiger partial charge in [-0.3, -0.25) is 4.79 Å². The highest BCUT2D eigenvalue weighted by Crippen LogP contribution is 2.19. The van der Waals surface area contributed by atoms with Gasteiger partial charge in [0.1, 0.15) is 0 Å². The maximum absolute atomic E-state index is 12.2. The maximum atomic E-state index is 12.2. The Morgan fingerprint density at radius 2 is 1.70 bits per heavy atom. The molecule has 0 aliphatic heterocycles. The highest BCUT2D eigenvalue weighted by Gasteiger charge is 2.13. The topological polar surface area (TPSA) is 29.1 Å². The van der Waals surface area contributed by atoms with Crippen molar-refractivity contribution in [2.24, 2.45) is 0 Å². The molecule has 1 atom stereocenters. The molecule has 0 aromatic heterocycles. The molecule has 0 aliphatic rings. The van der Waals surface area contributed by atoms with E-state index in [-0.39, 0.29) is 11.9 Å². The predicted molar refractivity (Wildman–Crippen MR) is 83.0 cm³/mol. The summed E-state index contributed by atoms with van der Waals surface area (Å²) >= 11 is 0. The average molecular weight is 267 g/mol. The Hall–Kier alpha value is -2.09. The van der Waals surface area contributed by atoms with E-state index >= 15 is 0 Å². The van der Waals surface area contributed by atoms with E-state index in [1.54, 1.807) is 0 Å². The minimum atomic E-state index is -0.0267. The van der Waals surface area contributed by atoms with Gasteiger partial charge in [-0.1, -0.05) is 41.5 Å². The van der Waals surface area contributed by atoms with Crippen LogP contribution in [0.15, 0.2) is 42.5 Å². The van der Waals surface area contributed by atoms with Gasteiger partial charge in [0.2, 0.25) is 0 Å². The van der Waals surface area contributed by atoms with Gasteiger partial charge in [0, 0.05) is 5.56 Å². The smallest absolute Gasteiger partial charge is 0.251 e. The average Bonchev–Trinajstić information content (AvgIpc) is 2.38. The summed E-state index contributed by atoms with van der Waals surface area (Å²) in [5.74, 6) is -0.0267. The molecule has 0 aliphatic carbocycles. The van der Waals surface area contributed by atoms with Crippen LogP contribution in [0.1, 0.15) is 45.6 Å². The van der Waals surface area contributed by atoms with Crippen molar-refractivity contribution in [1.82, 2.24) is 5.32 Å². The summed E-state index contributed by atoms with van der Waals surface area (Å²) in [6.07, 6.45) is 0. The van der Waals surface area contributed by atoms with Gasteiger partial charge >= 0.3 is 0 Å². The second-order valence-corrected chi connectivity index (χ2v) is 5.42. The Balaban J connectivity index is 2.15. The third-order valence-electron chi connectivity index (χ3n) is 3.52. The third-order valence-corrected chi connectivity index (χ3v) is 3.52. The van der Waals surface area contributed by atoms with Crippen LogP contribution >= 0.6 is 0 Å². The van der Waals surface area contributed by atoms with Gasteiger partial charge in [-0.25, -0.2) is 0 Å². The summed E-state index contributed by atoms with van der Waals surface area (Å²) in [5, 5.41) is 3.06. The number of carbonyl (C=O) groups excluding carboxylic acids is 1. The molecule has 104 valence electrons. The monoisotopic (exact) mass is 267 g/mol. The normalized spacial score (nSPS) is 12.0. The third kappa shape index (κ3) is 3.27. The lowest BCUT2D eigenvalue weighted by Crippen LogP contribution is -2.27. The lowest BCUT2D eigenvalue weighted by atomic mass is 10.00. The number of nitrogens with one attached hydrogen (secondary N) is 1. The van der Waals surface area contributed by atoms with E-state index in [0.717, 1.165) is 11.1 Å². The van der Waals surface area contributed by atoms with Crippen LogP contribution in [0, 0.1) is 20.8 Å². The van der Waals surface area contributed by atoms with Gasteiger partial charge in [0.15, 0.2) is 0 Å². The molecule has 2 rings (SSSR count). The van der Waals surface area contributed by atoms with Crippen molar-refractivity contribution in [1.29, 1.82) is 0 Å². The zero-order valence-corrected chi connectivity index (χ0v) is 12.5. The van der Waals surface area contributed by atoms with Gasteiger partial charge in [-0.2, -0.15) is 0 Å². The predicted octanol–water partition coefficient (Wildman–Crippen LogP) is 4.10. The van der Waals surface area contributed by atoms with Gasteiger partial charge in [-0.05, 0) is 51.0 Å². The first kappa shape index (κ1) is 14.3. The molecular formula is C18H21NO. The number of aryl methyl sites for hydroxylation is 3. The van der Waals surface area contributed by atoms with Crippen molar-refractivity contribution >= 4 is 5.91 Å². The Labute approximate surface area is 120 Å². The molecule has 20 heavy (non-hydrogen) atoms. The van der Waals surface area contributed by atoms with Gasteiger partial charge in [-0.15, -0.1) is 0 Å². The van der Waals surface area contributed by atoms with E-state index < -0.39 is 0 Å². The molecule has 0 saturated heterocycles. The number of rotatable bonds is 3. The van der Waals surface area contributed by atoms with Crippen LogP contribution in [0.2, 0.25) is 0 Å². The fourth-order valence-corrected chi connectivity index (χ4v) is 2.46. The molecule has 0 radical (unpaired) electrons. The van der Waals surface area contributed by atoms with Crippen molar-refractivity contribution < 1.29 is 4.79 Å². The Morgan fingerprint density at radius 1 is 1.00 bits per heavy atom. The van der Waals surface area contributed by atoms with E-state index in [1.165, 1.54) is 11.1 Å². The van der Waals surface area contributed by atoms with E-state index in [2.05, 4.69) is 37.4 Å². The van der Waals surface area contributed by atoms with Crippen LogP contribution in [0.4, 0.5) is 0 Å². The van der Waals surface area contributed by atoms with Crippen LogP contribution in [0.3, 0.4) is 0 Å². The summed E-state index contributed by atoms with van der Waals surface area (Å²) < 4.78 is 0. The summed E-state index contributed by atoms with van der Waals surface area (Å²) in [6.45, 7) is 8.17. The maximum Gasteiger partial charge on any atom is 0.251 e. The van der Waals surface area contributed by atoms with Crippen molar-refractivity contribution in [2.45, 2.75) is 33.7 Å². The fraction of sp³-hybridized carbons (Fsp3) is 0.278. The molecule has 2 heteroatoms. The molecule has 2 aromatic rings. The lowest BCUT2D eigenvalue weighted by Gasteiger charge is -2.17. The molecule has 0 fully saturated rings. The molecule has 1 unspecified atom stereocenters. The highest BCUT2D eigenvalue weighted by atomic mass is 16.1. The van der Waals surface area contributed by atoms with Crippen molar-refractivity contribution in [2.75, 3.05) is 0 Å². The molecule has 0 heterocycles. The van der Waals surface area contributed by atoms with Crippen molar-refractivity contribution in [3.8, 4) is 0 Å². The SMILES string of the molecule is Cc1cccc(C(=O)NC(C)c2ccc(C)cc2C)c1. The zero-order chi connectivity index (χ0) is 14.7. The standard InChI is InChI=1S/C18H21NO/c1-12-6-5-7-16(11-12)18(20)19-15(4)17-9-8-13(2)10-14(17)3/h5-11,15H,1-4H3,(H,19,20). The Bertz CT molecular complexity index is 631. The molecule has 0 bridgehead atoms.